The molecule has 2 aliphatic rings. The predicted molar refractivity (Wildman–Crippen MR) is 96.0 cm³/mol. The van der Waals surface area contributed by atoms with Gasteiger partial charge in [0, 0.05) is 43.9 Å². The standard InChI is InChI=1S/C20H25N3O/c1-21-19-17(8-5-9-22-19)12-23-13-20(14-23)11-18(24-15-20)10-16-6-3-2-4-7-16/h2-9,18H,10-15H2,1H3,(H,21,22)/t18-/m0/s1. The molecule has 4 nitrogen and oxygen atoms in total. The predicted octanol–water partition coefficient (Wildman–Crippen LogP) is 2.96. The second kappa shape index (κ2) is 6.54. The molecule has 1 atom stereocenters. The molecule has 0 unspecified atom stereocenters. The lowest BCUT2D eigenvalue weighted by Gasteiger charge is -2.47. The van der Waals surface area contributed by atoms with E-state index in [2.05, 4.69) is 51.6 Å². The molecule has 2 fully saturated rings. The van der Waals surface area contributed by atoms with Crippen LogP contribution in [0, 0.1) is 5.41 Å². The molecule has 2 aliphatic heterocycles. The molecular formula is C20H25N3O. The number of likely N-dealkylation sites (tertiary alicyclic amines) is 1. The van der Waals surface area contributed by atoms with Crippen molar-refractivity contribution >= 4 is 5.82 Å². The third kappa shape index (κ3) is 3.17. The highest BCUT2D eigenvalue weighted by molar-refractivity contribution is 5.43. The molecule has 1 aromatic carbocycles. The van der Waals surface area contributed by atoms with Crippen molar-refractivity contribution in [2.45, 2.75) is 25.5 Å². The zero-order chi connectivity index (χ0) is 16.4. The summed E-state index contributed by atoms with van der Waals surface area (Å²) in [6.07, 6.45) is 4.44. The van der Waals surface area contributed by atoms with Gasteiger partial charge in [-0.15, -0.1) is 0 Å². The summed E-state index contributed by atoms with van der Waals surface area (Å²) < 4.78 is 6.11. The smallest absolute Gasteiger partial charge is 0.130 e. The number of pyridine rings is 1. The van der Waals surface area contributed by atoms with Crippen LogP contribution in [0.3, 0.4) is 0 Å². The van der Waals surface area contributed by atoms with Crippen molar-refractivity contribution in [1.82, 2.24) is 9.88 Å². The van der Waals surface area contributed by atoms with Crippen molar-refractivity contribution < 1.29 is 4.74 Å². The van der Waals surface area contributed by atoms with E-state index in [1.165, 1.54) is 17.5 Å². The normalized spacial score (nSPS) is 22.5. The zero-order valence-corrected chi connectivity index (χ0v) is 14.2. The first-order valence-electron chi connectivity index (χ1n) is 8.76. The first-order valence-corrected chi connectivity index (χ1v) is 8.76. The van der Waals surface area contributed by atoms with Gasteiger partial charge >= 0.3 is 0 Å². The second-order valence-corrected chi connectivity index (χ2v) is 7.23. The van der Waals surface area contributed by atoms with Gasteiger partial charge in [0.15, 0.2) is 0 Å². The van der Waals surface area contributed by atoms with Crippen LogP contribution >= 0.6 is 0 Å². The average Bonchev–Trinajstić information content (AvgIpc) is 3.00. The average molecular weight is 323 g/mol. The summed E-state index contributed by atoms with van der Waals surface area (Å²) in [6.45, 7) is 4.15. The van der Waals surface area contributed by atoms with Gasteiger partial charge in [-0.25, -0.2) is 4.98 Å². The first-order chi connectivity index (χ1) is 11.8. The molecule has 3 heterocycles. The molecule has 24 heavy (non-hydrogen) atoms. The lowest BCUT2D eigenvalue weighted by molar-refractivity contribution is -0.0139. The first kappa shape index (κ1) is 15.6. The third-order valence-electron chi connectivity index (χ3n) is 5.23. The maximum atomic E-state index is 6.11. The summed E-state index contributed by atoms with van der Waals surface area (Å²) in [6, 6.07) is 14.9. The molecule has 0 radical (unpaired) electrons. The fourth-order valence-electron chi connectivity index (χ4n) is 4.17. The lowest BCUT2D eigenvalue weighted by Crippen LogP contribution is -2.56. The van der Waals surface area contributed by atoms with E-state index in [-0.39, 0.29) is 0 Å². The fraction of sp³-hybridized carbons (Fsp3) is 0.450. The summed E-state index contributed by atoms with van der Waals surface area (Å²) >= 11 is 0. The highest BCUT2D eigenvalue weighted by Crippen LogP contribution is 2.42. The third-order valence-corrected chi connectivity index (χ3v) is 5.23. The Labute approximate surface area is 143 Å². The lowest BCUT2D eigenvalue weighted by atomic mass is 9.77. The molecule has 0 bridgehead atoms. The Bertz CT molecular complexity index is 682. The van der Waals surface area contributed by atoms with E-state index in [9.17, 15) is 0 Å². The SMILES string of the molecule is CNc1ncccc1CN1CC2(CO[C@@H](Cc3ccccc3)C2)C1. The van der Waals surface area contributed by atoms with Crippen molar-refractivity contribution in [2.24, 2.45) is 5.41 Å². The van der Waals surface area contributed by atoms with Gasteiger partial charge in [-0.1, -0.05) is 36.4 Å². The quantitative estimate of drug-likeness (QED) is 0.918. The van der Waals surface area contributed by atoms with Crippen LogP contribution in [-0.4, -0.2) is 42.7 Å². The van der Waals surface area contributed by atoms with E-state index in [1.54, 1.807) is 0 Å². The van der Waals surface area contributed by atoms with Crippen LogP contribution in [0.15, 0.2) is 48.7 Å². The molecular weight excluding hydrogens is 298 g/mol. The summed E-state index contributed by atoms with van der Waals surface area (Å²) in [4.78, 5) is 6.90. The number of nitrogens with zero attached hydrogens (tertiary/aromatic N) is 2. The minimum atomic E-state index is 0.376. The topological polar surface area (TPSA) is 37.4 Å². The largest absolute Gasteiger partial charge is 0.377 e. The summed E-state index contributed by atoms with van der Waals surface area (Å²) in [5.74, 6) is 0.989. The highest BCUT2D eigenvalue weighted by atomic mass is 16.5. The Hall–Kier alpha value is -1.91. The van der Waals surface area contributed by atoms with Gasteiger partial charge in [0.05, 0.1) is 12.7 Å². The Balaban J connectivity index is 1.31. The van der Waals surface area contributed by atoms with Gasteiger partial charge in [0.25, 0.3) is 0 Å². The number of rotatable bonds is 5. The summed E-state index contributed by atoms with van der Waals surface area (Å²) in [5, 5.41) is 3.18. The van der Waals surface area contributed by atoms with Gasteiger partial charge < -0.3 is 10.1 Å². The summed E-state index contributed by atoms with van der Waals surface area (Å²) in [7, 11) is 1.93. The fourth-order valence-corrected chi connectivity index (χ4v) is 4.17. The molecule has 1 N–H and O–H groups in total. The van der Waals surface area contributed by atoms with Crippen LogP contribution in [0.25, 0.3) is 0 Å². The molecule has 0 amide bonds. The van der Waals surface area contributed by atoms with E-state index in [1.807, 2.05) is 19.3 Å². The van der Waals surface area contributed by atoms with Crippen molar-refractivity contribution in [3.05, 3.63) is 59.8 Å². The molecule has 0 aliphatic carbocycles. The number of hydrogen-bond donors (Lipinski definition) is 1. The molecule has 2 saturated heterocycles. The van der Waals surface area contributed by atoms with Crippen LogP contribution in [0.1, 0.15) is 17.5 Å². The molecule has 126 valence electrons. The molecule has 0 saturated carbocycles. The maximum Gasteiger partial charge on any atom is 0.130 e. The van der Waals surface area contributed by atoms with Crippen LogP contribution in [0.2, 0.25) is 0 Å². The number of anilines is 1. The number of aromatic nitrogens is 1. The minimum Gasteiger partial charge on any atom is -0.377 e. The van der Waals surface area contributed by atoms with E-state index in [0.29, 0.717) is 11.5 Å². The van der Waals surface area contributed by atoms with E-state index < -0.39 is 0 Å². The maximum absolute atomic E-state index is 6.11. The number of benzene rings is 1. The van der Waals surface area contributed by atoms with E-state index >= 15 is 0 Å². The van der Waals surface area contributed by atoms with Gasteiger partial charge in [-0.05, 0) is 24.5 Å². The Morgan fingerprint density at radius 1 is 1.21 bits per heavy atom. The van der Waals surface area contributed by atoms with Crippen LogP contribution in [-0.2, 0) is 17.7 Å². The van der Waals surface area contributed by atoms with E-state index in [4.69, 9.17) is 4.74 Å². The number of nitrogens with one attached hydrogen (secondary N) is 1. The van der Waals surface area contributed by atoms with Crippen LogP contribution < -0.4 is 5.32 Å². The monoisotopic (exact) mass is 323 g/mol. The minimum absolute atomic E-state index is 0.376. The van der Waals surface area contributed by atoms with Crippen molar-refractivity contribution in [3.63, 3.8) is 0 Å². The van der Waals surface area contributed by atoms with Crippen molar-refractivity contribution in [1.29, 1.82) is 0 Å². The van der Waals surface area contributed by atoms with E-state index in [0.717, 1.165) is 38.5 Å². The number of hydrogen-bond acceptors (Lipinski definition) is 4. The van der Waals surface area contributed by atoms with Crippen molar-refractivity contribution in [3.8, 4) is 0 Å². The second-order valence-electron chi connectivity index (χ2n) is 7.23. The molecule has 1 spiro atoms. The van der Waals surface area contributed by atoms with Gasteiger partial charge in [-0.2, -0.15) is 0 Å². The number of ether oxygens (including phenoxy) is 1. The summed E-state index contributed by atoms with van der Waals surface area (Å²) in [5.41, 5.74) is 3.03. The molecule has 2 aromatic rings. The van der Waals surface area contributed by atoms with Gasteiger partial charge in [-0.3, -0.25) is 4.90 Å². The van der Waals surface area contributed by atoms with Crippen molar-refractivity contribution in [2.75, 3.05) is 32.1 Å². The Morgan fingerprint density at radius 3 is 2.83 bits per heavy atom. The zero-order valence-electron chi connectivity index (χ0n) is 14.2. The highest BCUT2D eigenvalue weighted by Gasteiger charge is 2.48. The molecule has 1 aromatic heterocycles. The van der Waals surface area contributed by atoms with Crippen LogP contribution in [0.4, 0.5) is 5.82 Å². The van der Waals surface area contributed by atoms with Gasteiger partial charge in [0.2, 0.25) is 0 Å². The Morgan fingerprint density at radius 2 is 2.04 bits per heavy atom. The van der Waals surface area contributed by atoms with Gasteiger partial charge in [0.1, 0.15) is 5.82 Å². The Kier molecular flexibility index (Phi) is 4.25. The molecule has 4 rings (SSSR count). The molecule has 4 heteroatoms. The van der Waals surface area contributed by atoms with Crippen LogP contribution in [0.5, 0.6) is 0 Å².